The summed E-state index contributed by atoms with van der Waals surface area (Å²) in [6, 6.07) is 6.72. The highest BCUT2D eigenvalue weighted by Gasteiger charge is 2.15. The van der Waals surface area contributed by atoms with Gasteiger partial charge in [-0.2, -0.15) is 0 Å². The summed E-state index contributed by atoms with van der Waals surface area (Å²) < 4.78 is 0. The van der Waals surface area contributed by atoms with Crippen LogP contribution in [0.2, 0.25) is 5.02 Å². The Kier molecular flexibility index (Phi) is 4.06. The molecule has 0 amide bonds. The number of hydroxylamine groups is 2. The van der Waals surface area contributed by atoms with E-state index in [2.05, 4.69) is 20.5 Å². The highest BCUT2D eigenvalue weighted by molar-refractivity contribution is 6.30. The van der Waals surface area contributed by atoms with E-state index < -0.39 is 0 Å². The zero-order valence-electron chi connectivity index (χ0n) is 13.7. The van der Waals surface area contributed by atoms with Crippen LogP contribution in [0.25, 0.3) is 22.0 Å². The van der Waals surface area contributed by atoms with E-state index in [0.717, 1.165) is 16.5 Å². The Balaban J connectivity index is 1.82. The van der Waals surface area contributed by atoms with Gasteiger partial charge in [-0.3, -0.25) is 4.98 Å². The third-order valence-corrected chi connectivity index (χ3v) is 4.09. The van der Waals surface area contributed by atoms with Gasteiger partial charge in [-0.15, -0.1) is 10.2 Å². The van der Waals surface area contributed by atoms with Crippen molar-refractivity contribution < 1.29 is 9.94 Å². The molecule has 0 saturated heterocycles. The first-order valence-electron chi connectivity index (χ1n) is 7.76. The van der Waals surface area contributed by atoms with Crippen LogP contribution in [0.1, 0.15) is 0 Å². The van der Waals surface area contributed by atoms with Crippen LogP contribution in [0.15, 0.2) is 60.9 Å². The summed E-state index contributed by atoms with van der Waals surface area (Å²) in [4.78, 5) is 9.37. The lowest BCUT2D eigenvalue weighted by molar-refractivity contribution is -0.0353. The van der Waals surface area contributed by atoms with Crippen LogP contribution in [0.3, 0.4) is 0 Å². The number of aromatic nitrogens is 3. The second kappa shape index (κ2) is 6.53. The number of pyridine rings is 1. The molecule has 1 aliphatic heterocycles. The molecule has 3 aromatic rings. The first-order chi connectivity index (χ1) is 12.6. The zero-order chi connectivity index (χ0) is 18.1. The van der Waals surface area contributed by atoms with E-state index in [9.17, 15) is 5.11 Å². The van der Waals surface area contributed by atoms with E-state index in [1.54, 1.807) is 55.2 Å². The molecule has 0 radical (unpaired) electrons. The fourth-order valence-corrected chi connectivity index (χ4v) is 2.84. The maximum Gasteiger partial charge on any atom is 0.162 e. The molecule has 0 atom stereocenters. The number of phenolic OH excluding ortho intramolecular Hbond substituents is 1. The first kappa shape index (κ1) is 16.2. The number of benzene rings is 1. The average molecular weight is 368 g/mol. The molecule has 2 N–H and O–H groups in total. The second-order valence-corrected chi connectivity index (χ2v) is 6.08. The SMILES string of the molecule is CN1C=C(Nc2nnc(-c3ccc(Cl)cc3O)c3ccncc23)C=CO1. The Morgan fingerprint density at radius 1 is 1.19 bits per heavy atom. The van der Waals surface area contributed by atoms with Crippen molar-refractivity contribution in [3.05, 3.63) is 65.9 Å². The normalized spacial score (nSPS) is 13.5. The van der Waals surface area contributed by atoms with Crippen LogP contribution in [-0.4, -0.2) is 32.4 Å². The molecule has 0 saturated carbocycles. The topological polar surface area (TPSA) is 83.4 Å². The van der Waals surface area contributed by atoms with Crippen molar-refractivity contribution in [3.63, 3.8) is 0 Å². The van der Waals surface area contributed by atoms with E-state index >= 15 is 0 Å². The smallest absolute Gasteiger partial charge is 0.162 e. The highest BCUT2D eigenvalue weighted by Crippen LogP contribution is 2.35. The van der Waals surface area contributed by atoms with Crippen LogP contribution >= 0.6 is 11.6 Å². The van der Waals surface area contributed by atoms with Crippen LogP contribution in [0.4, 0.5) is 5.82 Å². The third kappa shape index (κ3) is 3.00. The predicted octanol–water partition coefficient (Wildman–Crippen LogP) is 3.69. The summed E-state index contributed by atoms with van der Waals surface area (Å²) in [7, 11) is 1.78. The largest absolute Gasteiger partial charge is 0.507 e. The number of aromatic hydroxyl groups is 1. The summed E-state index contributed by atoms with van der Waals surface area (Å²) >= 11 is 5.93. The van der Waals surface area contributed by atoms with Gasteiger partial charge in [-0.25, -0.2) is 5.06 Å². The summed E-state index contributed by atoms with van der Waals surface area (Å²) in [5, 5.41) is 25.6. The van der Waals surface area contributed by atoms with E-state index in [0.29, 0.717) is 22.1 Å². The van der Waals surface area contributed by atoms with Gasteiger partial charge in [-0.05, 0) is 24.3 Å². The molecule has 26 heavy (non-hydrogen) atoms. The first-order valence-corrected chi connectivity index (χ1v) is 8.14. The summed E-state index contributed by atoms with van der Waals surface area (Å²) in [6.45, 7) is 0. The minimum absolute atomic E-state index is 0.0438. The molecule has 0 bridgehead atoms. The van der Waals surface area contributed by atoms with Gasteiger partial charge in [0.15, 0.2) is 5.82 Å². The van der Waals surface area contributed by atoms with E-state index in [1.807, 2.05) is 6.07 Å². The number of allylic oxidation sites excluding steroid dienone is 1. The van der Waals surface area contributed by atoms with Gasteiger partial charge in [0.1, 0.15) is 17.7 Å². The Morgan fingerprint density at radius 3 is 2.88 bits per heavy atom. The van der Waals surface area contributed by atoms with Gasteiger partial charge >= 0.3 is 0 Å². The van der Waals surface area contributed by atoms with Gasteiger partial charge in [0.05, 0.1) is 11.9 Å². The molecule has 8 heteroatoms. The number of hydrogen-bond donors (Lipinski definition) is 2. The van der Waals surface area contributed by atoms with Crippen molar-refractivity contribution in [1.82, 2.24) is 20.2 Å². The molecule has 0 fully saturated rings. The number of halogens is 1. The van der Waals surface area contributed by atoms with Crippen LogP contribution in [-0.2, 0) is 4.84 Å². The summed E-state index contributed by atoms with van der Waals surface area (Å²) in [6.07, 6.45) is 8.50. The van der Waals surface area contributed by atoms with Crippen LogP contribution < -0.4 is 5.32 Å². The average Bonchev–Trinajstić information content (AvgIpc) is 2.63. The van der Waals surface area contributed by atoms with Crippen LogP contribution in [0.5, 0.6) is 5.75 Å². The molecule has 2 aromatic heterocycles. The molecule has 130 valence electrons. The lowest BCUT2D eigenvalue weighted by Crippen LogP contribution is -2.15. The number of nitrogens with one attached hydrogen (secondary N) is 1. The monoisotopic (exact) mass is 367 g/mol. The maximum atomic E-state index is 10.2. The molecular formula is C18H14ClN5O2. The van der Waals surface area contributed by atoms with E-state index in [1.165, 1.54) is 6.07 Å². The molecule has 3 heterocycles. The van der Waals surface area contributed by atoms with Gasteiger partial charge < -0.3 is 15.3 Å². The van der Waals surface area contributed by atoms with Crippen molar-refractivity contribution in [1.29, 1.82) is 0 Å². The van der Waals surface area contributed by atoms with Crippen molar-refractivity contribution in [3.8, 4) is 17.0 Å². The third-order valence-electron chi connectivity index (χ3n) is 3.85. The number of hydrogen-bond acceptors (Lipinski definition) is 7. The minimum Gasteiger partial charge on any atom is -0.507 e. The van der Waals surface area contributed by atoms with E-state index in [-0.39, 0.29) is 5.75 Å². The zero-order valence-corrected chi connectivity index (χ0v) is 14.5. The lowest BCUT2D eigenvalue weighted by Gasteiger charge is -2.19. The summed E-state index contributed by atoms with van der Waals surface area (Å²) in [5.41, 5.74) is 1.89. The van der Waals surface area contributed by atoms with Gasteiger partial charge in [-0.1, -0.05) is 11.6 Å². The van der Waals surface area contributed by atoms with Gasteiger partial charge in [0.25, 0.3) is 0 Å². The standard InChI is InChI=1S/C18H14ClN5O2/c1-24-10-12(5-7-26-24)21-18-15-9-20-6-4-13(15)17(22-23-18)14-3-2-11(19)8-16(14)25/h2-10,25H,1H3,(H,21,23). The van der Waals surface area contributed by atoms with Crippen molar-refractivity contribution >= 4 is 28.2 Å². The molecule has 7 nitrogen and oxygen atoms in total. The molecule has 0 aliphatic carbocycles. The van der Waals surface area contributed by atoms with Crippen LogP contribution in [0, 0.1) is 0 Å². The Morgan fingerprint density at radius 2 is 2.08 bits per heavy atom. The molecule has 4 rings (SSSR count). The van der Waals surface area contributed by atoms with Crippen molar-refractivity contribution in [2.45, 2.75) is 0 Å². The van der Waals surface area contributed by atoms with E-state index in [4.69, 9.17) is 16.4 Å². The molecular weight excluding hydrogens is 354 g/mol. The predicted molar refractivity (Wildman–Crippen MR) is 99.1 cm³/mol. The molecule has 1 aromatic carbocycles. The van der Waals surface area contributed by atoms with Gasteiger partial charge in [0.2, 0.25) is 0 Å². The summed E-state index contributed by atoms with van der Waals surface area (Å²) in [5.74, 6) is 0.596. The number of nitrogens with zero attached hydrogens (tertiary/aromatic N) is 4. The number of rotatable bonds is 3. The fraction of sp³-hybridized carbons (Fsp3) is 0.0556. The molecule has 0 unspecified atom stereocenters. The van der Waals surface area contributed by atoms with Gasteiger partial charge in [0, 0.05) is 46.9 Å². The minimum atomic E-state index is 0.0438. The number of phenols is 1. The van der Waals surface area contributed by atoms with Crippen molar-refractivity contribution in [2.75, 3.05) is 12.4 Å². The Labute approximate surface area is 154 Å². The second-order valence-electron chi connectivity index (χ2n) is 5.64. The maximum absolute atomic E-state index is 10.2. The number of anilines is 1. The Hall–Kier alpha value is -3.32. The Bertz CT molecular complexity index is 1050. The quantitative estimate of drug-likeness (QED) is 0.730. The lowest BCUT2D eigenvalue weighted by atomic mass is 10.1. The fourth-order valence-electron chi connectivity index (χ4n) is 2.67. The number of fused-ring (bicyclic) bond motifs is 1. The van der Waals surface area contributed by atoms with Crippen molar-refractivity contribution in [2.24, 2.45) is 0 Å². The highest BCUT2D eigenvalue weighted by atomic mass is 35.5. The molecule has 1 aliphatic rings. The molecule has 0 spiro atoms.